The Morgan fingerprint density at radius 3 is 2.50 bits per heavy atom. The third-order valence-corrected chi connectivity index (χ3v) is 4.46. The van der Waals surface area contributed by atoms with Gasteiger partial charge in [0.15, 0.2) is 0 Å². The van der Waals surface area contributed by atoms with Crippen LogP contribution in [0.15, 0.2) is 12.1 Å². The number of aryl methyl sites for hydroxylation is 3. The van der Waals surface area contributed by atoms with Crippen molar-refractivity contribution in [1.82, 2.24) is 10.2 Å². The van der Waals surface area contributed by atoms with Gasteiger partial charge in [-0.1, -0.05) is 12.1 Å². The highest BCUT2D eigenvalue weighted by molar-refractivity contribution is 5.76. The van der Waals surface area contributed by atoms with Crippen molar-refractivity contribution < 1.29 is 4.79 Å². The second-order valence-electron chi connectivity index (χ2n) is 6.19. The number of piperidine rings is 1. The highest BCUT2D eigenvalue weighted by Crippen LogP contribution is 2.23. The molecule has 1 amide bonds. The minimum atomic E-state index is 0.262. The van der Waals surface area contributed by atoms with E-state index in [0.29, 0.717) is 18.5 Å². The SMILES string of the molecule is Cc1cc(C)c(C(C)NC2CCC(=O)N(C)C2)cc1C. The molecule has 3 heteroatoms. The summed E-state index contributed by atoms with van der Waals surface area (Å²) in [7, 11) is 1.89. The van der Waals surface area contributed by atoms with E-state index in [2.05, 4.69) is 45.1 Å². The number of benzene rings is 1. The molecule has 1 aromatic rings. The van der Waals surface area contributed by atoms with Crippen LogP contribution in [0.1, 0.15) is 48.1 Å². The first-order valence-corrected chi connectivity index (χ1v) is 7.46. The van der Waals surface area contributed by atoms with Crippen LogP contribution in [0.5, 0.6) is 0 Å². The van der Waals surface area contributed by atoms with Gasteiger partial charge in [0.2, 0.25) is 5.91 Å². The zero-order chi connectivity index (χ0) is 14.9. The highest BCUT2D eigenvalue weighted by atomic mass is 16.2. The fourth-order valence-corrected chi connectivity index (χ4v) is 3.04. The first kappa shape index (κ1) is 15.0. The Kier molecular flexibility index (Phi) is 4.48. The first-order valence-electron chi connectivity index (χ1n) is 7.46. The second-order valence-corrected chi connectivity index (χ2v) is 6.19. The third-order valence-electron chi connectivity index (χ3n) is 4.46. The maximum absolute atomic E-state index is 11.5. The second kappa shape index (κ2) is 5.96. The molecule has 2 atom stereocenters. The van der Waals surface area contributed by atoms with Crippen LogP contribution in [0.3, 0.4) is 0 Å². The van der Waals surface area contributed by atoms with Gasteiger partial charge >= 0.3 is 0 Å². The van der Waals surface area contributed by atoms with E-state index >= 15 is 0 Å². The molecule has 1 aliphatic rings. The summed E-state index contributed by atoms with van der Waals surface area (Å²) in [4.78, 5) is 13.4. The van der Waals surface area contributed by atoms with Crippen molar-refractivity contribution in [3.63, 3.8) is 0 Å². The number of nitrogens with zero attached hydrogens (tertiary/aromatic N) is 1. The molecule has 3 nitrogen and oxygen atoms in total. The number of hydrogen-bond acceptors (Lipinski definition) is 2. The molecule has 0 spiro atoms. The molecule has 0 bridgehead atoms. The molecule has 1 heterocycles. The van der Waals surface area contributed by atoms with Crippen LogP contribution >= 0.6 is 0 Å². The summed E-state index contributed by atoms with van der Waals surface area (Å²) in [6.45, 7) is 9.53. The molecule has 0 saturated carbocycles. The normalized spacial score (nSPS) is 21.1. The smallest absolute Gasteiger partial charge is 0.222 e. The lowest BCUT2D eigenvalue weighted by Crippen LogP contribution is -2.47. The Morgan fingerprint density at radius 1 is 1.20 bits per heavy atom. The monoisotopic (exact) mass is 274 g/mol. The number of hydrogen-bond donors (Lipinski definition) is 1. The first-order chi connectivity index (χ1) is 9.38. The molecule has 0 radical (unpaired) electrons. The van der Waals surface area contributed by atoms with E-state index in [-0.39, 0.29) is 5.91 Å². The van der Waals surface area contributed by atoms with Gasteiger partial charge in [-0.3, -0.25) is 4.79 Å². The minimum Gasteiger partial charge on any atom is -0.344 e. The van der Waals surface area contributed by atoms with Crippen molar-refractivity contribution in [3.05, 3.63) is 34.4 Å². The lowest BCUT2D eigenvalue weighted by Gasteiger charge is -2.32. The predicted molar refractivity (Wildman–Crippen MR) is 82.9 cm³/mol. The van der Waals surface area contributed by atoms with Crippen molar-refractivity contribution in [1.29, 1.82) is 0 Å². The van der Waals surface area contributed by atoms with Crippen molar-refractivity contribution in [2.45, 2.75) is 52.6 Å². The van der Waals surface area contributed by atoms with E-state index in [0.717, 1.165) is 13.0 Å². The average molecular weight is 274 g/mol. The largest absolute Gasteiger partial charge is 0.344 e. The van der Waals surface area contributed by atoms with Crippen molar-refractivity contribution >= 4 is 5.91 Å². The fraction of sp³-hybridized carbons (Fsp3) is 0.588. The van der Waals surface area contributed by atoms with E-state index in [4.69, 9.17) is 0 Å². The van der Waals surface area contributed by atoms with Gasteiger partial charge in [-0.25, -0.2) is 0 Å². The van der Waals surface area contributed by atoms with Crippen LogP contribution in [0.2, 0.25) is 0 Å². The number of amides is 1. The van der Waals surface area contributed by atoms with Crippen LogP contribution in [0.25, 0.3) is 0 Å². The van der Waals surface area contributed by atoms with Gasteiger partial charge in [0.1, 0.15) is 0 Å². The van der Waals surface area contributed by atoms with Crippen molar-refractivity contribution in [2.24, 2.45) is 0 Å². The molecule has 2 unspecified atom stereocenters. The fourth-order valence-electron chi connectivity index (χ4n) is 3.04. The summed E-state index contributed by atoms with van der Waals surface area (Å²) in [6.07, 6.45) is 1.60. The van der Waals surface area contributed by atoms with Gasteiger partial charge in [-0.15, -0.1) is 0 Å². The number of rotatable bonds is 3. The van der Waals surface area contributed by atoms with Gasteiger partial charge in [0.05, 0.1) is 0 Å². The number of nitrogens with one attached hydrogen (secondary N) is 1. The average Bonchev–Trinajstić information content (AvgIpc) is 2.38. The van der Waals surface area contributed by atoms with Crippen LogP contribution in [-0.4, -0.2) is 30.4 Å². The molecule has 1 aromatic carbocycles. The van der Waals surface area contributed by atoms with Crippen molar-refractivity contribution in [2.75, 3.05) is 13.6 Å². The molecule has 1 saturated heterocycles. The molecule has 1 aliphatic heterocycles. The molecule has 1 N–H and O–H groups in total. The molecular formula is C17H26N2O. The van der Waals surface area contributed by atoms with Crippen LogP contribution in [0.4, 0.5) is 0 Å². The molecule has 1 fully saturated rings. The van der Waals surface area contributed by atoms with E-state index in [9.17, 15) is 4.79 Å². The minimum absolute atomic E-state index is 0.262. The summed E-state index contributed by atoms with van der Waals surface area (Å²) >= 11 is 0. The molecule has 20 heavy (non-hydrogen) atoms. The number of likely N-dealkylation sites (tertiary alicyclic amines) is 1. The van der Waals surface area contributed by atoms with Gasteiger partial charge in [0.25, 0.3) is 0 Å². The lowest BCUT2D eigenvalue weighted by molar-refractivity contribution is -0.132. The number of likely N-dealkylation sites (N-methyl/N-ethyl adjacent to an activating group) is 1. The van der Waals surface area contributed by atoms with Gasteiger partial charge in [0, 0.05) is 32.1 Å². The zero-order valence-electron chi connectivity index (χ0n) is 13.3. The third kappa shape index (κ3) is 3.21. The summed E-state index contributed by atoms with van der Waals surface area (Å²) in [5.41, 5.74) is 5.40. The lowest BCUT2D eigenvalue weighted by atomic mass is 9.95. The summed E-state index contributed by atoms with van der Waals surface area (Å²) in [5, 5.41) is 3.68. The Bertz CT molecular complexity index is 510. The van der Waals surface area contributed by atoms with E-state index in [1.165, 1.54) is 22.3 Å². The maximum atomic E-state index is 11.5. The molecule has 0 aromatic heterocycles. The van der Waals surface area contributed by atoms with Crippen LogP contribution < -0.4 is 5.32 Å². The molecule has 2 rings (SSSR count). The Hall–Kier alpha value is -1.35. The van der Waals surface area contributed by atoms with Gasteiger partial charge in [-0.2, -0.15) is 0 Å². The van der Waals surface area contributed by atoms with Crippen LogP contribution in [-0.2, 0) is 4.79 Å². The van der Waals surface area contributed by atoms with E-state index in [1.807, 2.05) is 11.9 Å². The summed E-state index contributed by atoms with van der Waals surface area (Å²) < 4.78 is 0. The van der Waals surface area contributed by atoms with Gasteiger partial charge < -0.3 is 10.2 Å². The van der Waals surface area contributed by atoms with Crippen molar-refractivity contribution in [3.8, 4) is 0 Å². The van der Waals surface area contributed by atoms with Crippen LogP contribution in [0, 0.1) is 20.8 Å². The molecule has 110 valence electrons. The highest BCUT2D eigenvalue weighted by Gasteiger charge is 2.24. The number of carbonyl (C=O) groups is 1. The number of carbonyl (C=O) groups excluding carboxylic acids is 1. The Balaban J connectivity index is 2.07. The standard InChI is InChI=1S/C17H26N2O/c1-11-8-13(3)16(9-12(11)2)14(4)18-15-6-7-17(20)19(5)10-15/h8-9,14-15,18H,6-7,10H2,1-5H3. The quantitative estimate of drug-likeness (QED) is 0.919. The molecular weight excluding hydrogens is 248 g/mol. The maximum Gasteiger partial charge on any atom is 0.222 e. The zero-order valence-corrected chi connectivity index (χ0v) is 13.3. The molecule has 0 aliphatic carbocycles. The van der Waals surface area contributed by atoms with E-state index < -0.39 is 0 Å². The van der Waals surface area contributed by atoms with Gasteiger partial charge in [-0.05, 0) is 56.4 Å². The Morgan fingerprint density at radius 2 is 1.85 bits per heavy atom. The Labute approximate surface area is 122 Å². The topological polar surface area (TPSA) is 32.3 Å². The summed E-state index contributed by atoms with van der Waals surface area (Å²) in [5.74, 6) is 0.262. The summed E-state index contributed by atoms with van der Waals surface area (Å²) in [6, 6.07) is 5.27. The van der Waals surface area contributed by atoms with E-state index in [1.54, 1.807) is 0 Å². The predicted octanol–water partition coefficient (Wildman–Crippen LogP) is 2.88.